The van der Waals surface area contributed by atoms with Gasteiger partial charge < -0.3 is 19.9 Å². The van der Waals surface area contributed by atoms with Crippen LogP contribution < -0.4 is 14.8 Å². The molecule has 11 heteroatoms. The second-order valence-corrected chi connectivity index (χ2v) is 10.0. The van der Waals surface area contributed by atoms with Crippen LogP contribution in [0.2, 0.25) is 0 Å². The standard InChI is InChI=1S/C29H22FN3O7/c1-14(2)15-7-9-19-23(11-15)40-29(36)20-5-4-6-22(33(37)38)24(20)26(34)28(19,29)32-27(35)18-13-31-21-10-8-16(30)12-17(21)25(18)39-3/h4-14,36H,1-3H3,(H,32,35). The summed E-state index contributed by atoms with van der Waals surface area (Å²) in [6.07, 6.45) is 1.21. The van der Waals surface area contributed by atoms with Crippen LogP contribution in [0.15, 0.2) is 60.8 Å². The van der Waals surface area contributed by atoms with Gasteiger partial charge in [-0.3, -0.25) is 24.7 Å². The molecule has 2 N–H and O–H groups in total. The van der Waals surface area contributed by atoms with Crippen LogP contribution in [0.1, 0.15) is 57.2 Å². The van der Waals surface area contributed by atoms with Crippen molar-refractivity contribution in [3.63, 3.8) is 0 Å². The number of nitrogens with one attached hydrogen (secondary N) is 1. The molecule has 10 nitrogen and oxygen atoms in total. The van der Waals surface area contributed by atoms with Gasteiger partial charge in [-0.2, -0.15) is 0 Å². The minimum absolute atomic E-state index is 0.00910. The lowest BCUT2D eigenvalue weighted by molar-refractivity contribution is -0.385. The van der Waals surface area contributed by atoms with Gasteiger partial charge in [0.25, 0.3) is 17.4 Å². The van der Waals surface area contributed by atoms with E-state index in [0.29, 0.717) is 5.52 Å². The third kappa shape index (κ3) is 3.21. The van der Waals surface area contributed by atoms with E-state index in [0.717, 1.165) is 17.7 Å². The van der Waals surface area contributed by atoms with Crippen molar-refractivity contribution in [2.45, 2.75) is 31.1 Å². The fraction of sp³-hybridized carbons (Fsp3) is 0.207. The number of carbonyl (C=O) groups excluding carboxylic acids is 2. The summed E-state index contributed by atoms with van der Waals surface area (Å²) in [5.74, 6) is -4.70. The molecule has 1 aliphatic carbocycles. The first-order chi connectivity index (χ1) is 19.0. The second kappa shape index (κ2) is 8.55. The van der Waals surface area contributed by atoms with Crippen LogP contribution in [0.25, 0.3) is 10.9 Å². The molecule has 0 saturated heterocycles. The van der Waals surface area contributed by atoms with Crippen LogP contribution in [0.4, 0.5) is 10.1 Å². The highest BCUT2D eigenvalue weighted by atomic mass is 19.1. The molecular formula is C29H22FN3O7. The van der Waals surface area contributed by atoms with Crippen LogP contribution in [-0.2, 0) is 11.3 Å². The maximum absolute atomic E-state index is 14.2. The van der Waals surface area contributed by atoms with E-state index in [1.165, 1.54) is 37.6 Å². The number of aliphatic hydroxyl groups is 1. The van der Waals surface area contributed by atoms with Crippen LogP contribution in [0, 0.1) is 15.9 Å². The number of hydrogen-bond acceptors (Lipinski definition) is 8. The molecule has 1 amide bonds. The average Bonchev–Trinajstić information content (AvgIpc) is 3.28. The summed E-state index contributed by atoms with van der Waals surface area (Å²) >= 11 is 0. The Hall–Kier alpha value is -4.90. The normalized spacial score (nSPS) is 20.6. The van der Waals surface area contributed by atoms with Gasteiger partial charge in [-0.25, -0.2) is 4.39 Å². The zero-order valence-corrected chi connectivity index (χ0v) is 21.5. The van der Waals surface area contributed by atoms with Crippen molar-refractivity contribution in [3.8, 4) is 11.5 Å². The van der Waals surface area contributed by atoms with E-state index in [4.69, 9.17) is 9.47 Å². The van der Waals surface area contributed by atoms with Gasteiger partial charge in [0.1, 0.15) is 28.4 Å². The number of aromatic nitrogens is 1. The van der Waals surface area contributed by atoms with Crippen LogP contribution in [0.5, 0.6) is 11.5 Å². The molecule has 1 aliphatic heterocycles. The molecule has 2 atom stereocenters. The van der Waals surface area contributed by atoms with Gasteiger partial charge in [0.2, 0.25) is 11.3 Å². The van der Waals surface area contributed by atoms with Crippen molar-refractivity contribution >= 4 is 28.3 Å². The Bertz CT molecular complexity index is 1790. The maximum atomic E-state index is 14.2. The van der Waals surface area contributed by atoms with E-state index in [1.807, 2.05) is 13.8 Å². The summed E-state index contributed by atoms with van der Waals surface area (Å²) in [5.41, 5.74) is -2.17. The van der Waals surface area contributed by atoms with E-state index in [-0.39, 0.29) is 45.1 Å². The highest BCUT2D eigenvalue weighted by Crippen LogP contribution is 2.59. The number of pyridine rings is 1. The summed E-state index contributed by atoms with van der Waals surface area (Å²) in [6.45, 7) is 3.91. The third-order valence-electron chi connectivity index (χ3n) is 7.54. The number of benzene rings is 3. The smallest absolute Gasteiger partial charge is 0.280 e. The van der Waals surface area contributed by atoms with Crippen molar-refractivity contribution in [2.24, 2.45) is 0 Å². The number of ether oxygens (including phenoxy) is 2. The molecule has 0 bridgehead atoms. The number of carbonyl (C=O) groups is 2. The second-order valence-electron chi connectivity index (χ2n) is 10.0. The highest BCUT2D eigenvalue weighted by Gasteiger charge is 2.73. The van der Waals surface area contributed by atoms with Gasteiger partial charge in [-0.1, -0.05) is 38.1 Å². The lowest BCUT2D eigenvalue weighted by Gasteiger charge is -2.34. The number of nitrogens with zero attached hydrogens (tertiary/aromatic N) is 2. The van der Waals surface area contributed by atoms with E-state index in [9.17, 15) is 29.2 Å². The minimum Gasteiger partial charge on any atom is -0.495 e. The number of nitro groups is 1. The summed E-state index contributed by atoms with van der Waals surface area (Å²) in [6, 6.07) is 12.6. The number of methoxy groups -OCH3 is 1. The number of Topliss-reactive ketones (excluding diaryl/α,β-unsaturated/α-hetero) is 1. The number of halogens is 1. The molecule has 2 unspecified atom stereocenters. The predicted molar refractivity (Wildman–Crippen MR) is 140 cm³/mol. The number of hydrogen-bond donors (Lipinski definition) is 2. The summed E-state index contributed by atoms with van der Waals surface area (Å²) in [4.78, 5) is 43.5. The molecule has 2 heterocycles. The Kier molecular flexibility index (Phi) is 5.43. The fourth-order valence-corrected chi connectivity index (χ4v) is 5.61. The Balaban J connectivity index is 1.58. The molecule has 202 valence electrons. The summed E-state index contributed by atoms with van der Waals surface area (Å²) < 4.78 is 25.5. The van der Waals surface area contributed by atoms with E-state index in [1.54, 1.807) is 18.2 Å². The number of nitro benzene ring substituents is 1. The topological polar surface area (TPSA) is 141 Å². The van der Waals surface area contributed by atoms with Gasteiger partial charge >= 0.3 is 0 Å². The van der Waals surface area contributed by atoms with Crippen LogP contribution in [-0.4, -0.2) is 33.8 Å². The first kappa shape index (κ1) is 25.4. The van der Waals surface area contributed by atoms with Crippen molar-refractivity contribution in [3.05, 3.63) is 105 Å². The lowest BCUT2D eigenvalue weighted by atomic mass is 9.82. The van der Waals surface area contributed by atoms with Gasteiger partial charge in [0.15, 0.2) is 0 Å². The zero-order chi connectivity index (χ0) is 28.6. The molecule has 4 aromatic rings. The average molecular weight is 544 g/mol. The maximum Gasteiger partial charge on any atom is 0.280 e. The number of rotatable bonds is 5. The number of fused-ring (bicyclic) bond motifs is 6. The molecule has 0 saturated carbocycles. The minimum atomic E-state index is -2.51. The van der Waals surface area contributed by atoms with Gasteiger partial charge in [0.05, 0.1) is 17.5 Å². The third-order valence-corrected chi connectivity index (χ3v) is 7.54. The molecule has 3 aromatic carbocycles. The quantitative estimate of drug-likeness (QED) is 0.277. The number of amides is 1. The zero-order valence-electron chi connectivity index (χ0n) is 21.5. The highest BCUT2D eigenvalue weighted by molar-refractivity contribution is 6.16. The van der Waals surface area contributed by atoms with E-state index >= 15 is 0 Å². The molecule has 0 spiro atoms. The SMILES string of the molecule is COc1c(C(=O)NC23C(=O)c4c([N+](=O)[O-])cccc4C2(O)Oc2cc(C(C)C)ccc23)cnc2ccc(F)cc12. The monoisotopic (exact) mass is 543 g/mol. The van der Waals surface area contributed by atoms with Crippen LogP contribution >= 0.6 is 0 Å². The molecular weight excluding hydrogens is 521 g/mol. The molecule has 1 aromatic heterocycles. The van der Waals surface area contributed by atoms with E-state index in [2.05, 4.69) is 10.3 Å². The summed E-state index contributed by atoms with van der Waals surface area (Å²) in [7, 11) is 1.30. The number of ketones is 1. The predicted octanol–water partition coefficient (Wildman–Crippen LogP) is 4.47. The van der Waals surface area contributed by atoms with Crippen molar-refractivity contribution < 1.29 is 33.5 Å². The fourth-order valence-electron chi connectivity index (χ4n) is 5.61. The lowest BCUT2D eigenvalue weighted by Crippen LogP contribution is -2.60. The Morgan fingerprint density at radius 3 is 2.65 bits per heavy atom. The van der Waals surface area contributed by atoms with Crippen molar-refractivity contribution in [1.29, 1.82) is 0 Å². The molecule has 6 rings (SSSR count). The Labute approximate surface area is 226 Å². The Morgan fingerprint density at radius 1 is 1.18 bits per heavy atom. The molecule has 0 fully saturated rings. The van der Waals surface area contributed by atoms with Crippen LogP contribution in [0.3, 0.4) is 0 Å². The van der Waals surface area contributed by atoms with Crippen molar-refractivity contribution in [1.82, 2.24) is 10.3 Å². The van der Waals surface area contributed by atoms with Gasteiger partial charge in [-0.05, 0) is 35.7 Å². The Morgan fingerprint density at radius 2 is 1.95 bits per heavy atom. The molecule has 0 radical (unpaired) electrons. The van der Waals surface area contributed by atoms with Gasteiger partial charge in [0, 0.05) is 28.8 Å². The van der Waals surface area contributed by atoms with E-state index < -0.39 is 39.4 Å². The molecule has 40 heavy (non-hydrogen) atoms. The summed E-state index contributed by atoms with van der Waals surface area (Å²) in [5, 5.41) is 26.8. The molecule has 2 aliphatic rings. The first-order valence-electron chi connectivity index (χ1n) is 12.4. The van der Waals surface area contributed by atoms with Gasteiger partial charge in [-0.15, -0.1) is 0 Å². The van der Waals surface area contributed by atoms with Crippen molar-refractivity contribution in [2.75, 3.05) is 7.11 Å². The largest absolute Gasteiger partial charge is 0.495 e. The first-order valence-corrected chi connectivity index (χ1v) is 12.4.